The summed E-state index contributed by atoms with van der Waals surface area (Å²) in [6.07, 6.45) is 6.75. The van der Waals surface area contributed by atoms with Crippen LogP contribution in [0.1, 0.15) is 0 Å². The smallest absolute Gasteiger partial charge is 0.178 e. The van der Waals surface area contributed by atoms with E-state index in [1.807, 2.05) is 0 Å². The number of hydrogen-bond acceptors (Lipinski definition) is 1. The lowest BCUT2D eigenvalue weighted by Gasteiger charge is -1.74. The van der Waals surface area contributed by atoms with Gasteiger partial charge in [-0.2, -0.15) is 0 Å². The molecule has 0 aliphatic heterocycles. The molecule has 2 unspecified atom stereocenters. The highest BCUT2D eigenvalue weighted by molar-refractivity contribution is 7.82. The van der Waals surface area contributed by atoms with Crippen LogP contribution in [0.15, 0.2) is 35.5 Å². The maximum absolute atomic E-state index is 10.0. The molecule has 0 aliphatic carbocycles. The molecule has 0 saturated heterocycles. The predicted octanol–water partition coefficient (Wildman–Crippen LogP) is 1.67. The van der Waals surface area contributed by atoms with E-state index in [9.17, 15) is 4.21 Å². The van der Waals surface area contributed by atoms with Crippen LogP contribution in [0.25, 0.3) is 0 Å². The van der Waals surface area contributed by atoms with E-state index < -0.39 is 11.1 Å². The minimum atomic E-state index is -1.83. The Bertz CT molecular complexity index is 184. The molecule has 0 fully saturated rings. The molecule has 56 valence electrons. The summed E-state index contributed by atoms with van der Waals surface area (Å²) in [5.41, 5.74) is 0. The molecule has 0 bridgehead atoms. The molecular formula is C6H9O2PS. The Hall–Kier alpha value is -0.240. The van der Waals surface area contributed by atoms with Gasteiger partial charge in [0.2, 0.25) is 0 Å². The van der Waals surface area contributed by atoms with Crippen molar-refractivity contribution in [1.29, 1.82) is 0 Å². The van der Waals surface area contributed by atoms with E-state index in [2.05, 4.69) is 9.24 Å². The molecule has 0 spiro atoms. The largest absolute Gasteiger partial charge is 0.303 e. The lowest BCUT2D eigenvalue weighted by atomic mass is 10.5. The van der Waals surface area contributed by atoms with Crippen LogP contribution in [0, 0.1) is 0 Å². The summed E-state index contributed by atoms with van der Waals surface area (Å²) in [4.78, 5) is 0. The fraction of sp³-hybridized carbons (Fsp3) is 0. The first-order chi connectivity index (χ1) is 4.77. The summed E-state index contributed by atoms with van der Waals surface area (Å²) in [6.45, 7) is 0. The van der Waals surface area contributed by atoms with Crippen LogP contribution in [-0.2, 0) is 11.1 Å². The van der Waals surface area contributed by atoms with E-state index in [0.29, 0.717) is 0 Å². The molecule has 0 heterocycles. The van der Waals surface area contributed by atoms with E-state index in [4.69, 9.17) is 4.55 Å². The highest BCUT2D eigenvalue weighted by atomic mass is 32.2. The number of hydrogen-bond donors (Lipinski definition) is 1. The van der Waals surface area contributed by atoms with Crippen LogP contribution >= 0.6 is 9.24 Å². The van der Waals surface area contributed by atoms with E-state index in [0.717, 1.165) is 0 Å². The summed E-state index contributed by atoms with van der Waals surface area (Å²) < 4.78 is 18.2. The molecule has 10 heavy (non-hydrogen) atoms. The monoisotopic (exact) mass is 176 g/mol. The Kier molecular flexibility index (Phi) is 6.71. The molecule has 0 rings (SSSR count). The van der Waals surface area contributed by atoms with E-state index in [1.54, 1.807) is 24.0 Å². The molecule has 0 radical (unpaired) electrons. The van der Waals surface area contributed by atoms with E-state index in [1.165, 1.54) is 11.5 Å². The second-order valence-electron chi connectivity index (χ2n) is 1.37. The van der Waals surface area contributed by atoms with Crippen LogP contribution in [0.2, 0.25) is 0 Å². The molecule has 1 N–H and O–H groups in total. The molecule has 2 atom stereocenters. The van der Waals surface area contributed by atoms with Crippen molar-refractivity contribution in [3.05, 3.63) is 35.5 Å². The van der Waals surface area contributed by atoms with Crippen LogP contribution in [0.4, 0.5) is 0 Å². The third kappa shape index (κ3) is 7.76. The lowest BCUT2D eigenvalue weighted by molar-refractivity contribution is 0.574. The molecule has 0 amide bonds. The zero-order valence-corrected chi connectivity index (χ0v) is 7.28. The molecule has 0 aliphatic rings. The van der Waals surface area contributed by atoms with Crippen LogP contribution in [-0.4, -0.2) is 8.76 Å². The molecular weight excluding hydrogens is 167 g/mol. The Morgan fingerprint density at radius 1 is 1.20 bits per heavy atom. The zero-order chi connectivity index (χ0) is 7.82. The van der Waals surface area contributed by atoms with Crippen molar-refractivity contribution in [2.45, 2.75) is 0 Å². The van der Waals surface area contributed by atoms with Gasteiger partial charge in [-0.15, -0.1) is 9.24 Å². The van der Waals surface area contributed by atoms with Crippen molar-refractivity contribution >= 4 is 20.3 Å². The Morgan fingerprint density at radius 3 is 2.30 bits per heavy atom. The first kappa shape index (κ1) is 9.76. The fourth-order valence-corrected chi connectivity index (χ4v) is 0.658. The average molecular weight is 176 g/mol. The molecule has 0 aromatic heterocycles. The van der Waals surface area contributed by atoms with Gasteiger partial charge >= 0.3 is 0 Å². The molecule has 2 nitrogen and oxygen atoms in total. The van der Waals surface area contributed by atoms with Gasteiger partial charge in [-0.25, -0.2) is 4.21 Å². The van der Waals surface area contributed by atoms with E-state index in [-0.39, 0.29) is 0 Å². The van der Waals surface area contributed by atoms with Gasteiger partial charge in [-0.3, -0.25) is 0 Å². The Morgan fingerprint density at radius 2 is 1.80 bits per heavy atom. The highest BCUT2D eigenvalue weighted by Crippen LogP contribution is 1.85. The SMILES string of the molecule is O=S(O)/C=C/C=C/C=C/P. The maximum Gasteiger partial charge on any atom is 0.178 e. The summed E-state index contributed by atoms with van der Waals surface area (Å²) in [7, 11) is 2.42. The highest BCUT2D eigenvalue weighted by Gasteiger charge is 1.74. The van der Waals surface area contributed by atoms with Gasteiger partial charge in [0.25, 0.3) is 0 Å². The van der Waals surface area contributed by atoms with Gasteiger partial charge in [0, 0.05) is 5.41 Å². The molecule has 0 saturated carbocycles. The fourth-order valence-electron chi connectivity index (χ4n) is 0.305. The minimum absolute atomic E-state index is 1.19. The number of rotatable bonds is 3. The average Bonchev–Trinajstić information content (AvgIpc) is 1.87. The van der Waals surface area contributed by atoms with Gasteiger partial charge < -0.3 is 4.55 Å². The van der Waals surface area contributed by atoms with Crippen molar-refractivity contribution in [2.75, 3.05) is 0 Å². The summed E-state index contributed by atoms with van der Waals surface area (Å²) in [5.74, 6) is 1.79. The molecule has 0 aromatic rings. The molecule has 4 heteroatoms. The van der Waals surface area contributed by atoms with Crippen LogP contribution in [0.3, 0.4) is 0 Å². The summed E-state index contributed by atoms with van der Waals surface area (Å²) in [5, 5.41) is 1.19. The predicted molar refractivity (Wildman–Crippen MR) is 47.9 cm³/mol. The second-order valence-corrected chi connectivity index (χ2v) is 2.58. The minimum Gasteiger partial charge on any atom is -0.303 e. The van der Waals surface area contributed by atoms with Crippen LogP contribution in [0.5, 0.6) is 0 Å². The van der Waals surface area contributed by atoms with Gasteiger partial charge in [-0.1, -0.05) is 30.1 Å². The van der Waals surface area contributed by atoms with Crippen LogP contribution < -0.4 is 0 Å². The van der Waals surface area contributed by atoms with Crippen molar-refractivity contribution in [3.8, 4) is 0 Å². The Balaban J connectivity index is 3.62. The second kappa shape index (κ2) is 6.87. The maximum atomic E-state index is 10.0. The van der Waals surface area contributed by atoms with Crippen molar-refractivity contribution in [1.82, 2.24) is 0 Å². The summed E-state index contributed by atoms with van der Waals surface area (Å²) >= 11 is -1.83. The quantitative estimate of drug-likeness (QED) is 0.403. The normalized spacial score (nSPS) is 15.8. The van der Waals surface area contributed by atoms with Crippen molar-refractivity contribution < 1.29 is 8.76 Å². The van der Waals surface area contributed by atoms with Gasteiger partial charge in [0.05, 0.1) is 0 Å². The third-order valence-electron chi connectivity index (χ3n) is 0.639. The van der Waals surface area contributed by atoms with E-state index >= 15 is 0 Å². The van der Waals surface area contributed by atoms with Crippen molar-refractivity contribution in [2.24, 2.45) is 0 Å². The van der Waals surface area contributed by atoms with Gasteiger partial charge in [0.15, 0.2) is 11.1 Å². The standard InChI is InChI=1S/C6H9O2PS/c7-10(8)6-4-2-1-3-5-9/h1-6H,9H2,(H,7,8)/b2-1+,5-3+,6-4+. The zero-order valence-electron chi connectivity index (χ0n) is 5.31. The Labute approximate surface area is 65.2 Å². The first-order valence-electron chi connectivity index (χ1n) is 2.58. The van der Waals surface area contributed by atoms with Gasteiger partial charge in [-0.05, 0) is 0 Å². The number of allylic oxidation sites excluding steroid dienone is 4. The van der Waals surface area contributed by atoms with Gasteiger partial charge in [0.1, 0.15) is 0 Å². The van der Waals surface area contributed by atoms with Crippen molar-refractivity contribution in [3.63, 3.8) is 0 Å². The lowest BCUT2D eigenvalue weighted by Crippen LogP contribution is -1.73. The molecule has 0 aromatic carbocycles. The first-order valence-corrected chi connectivity index (χ1v) is 4.42. The summed E-state index contributed by atoms with van der Waals surface area (Å²) in [6, 6.07) is 0. The third-order valence-corrected chi connectivity index (χ3v) is 1.25. The topological polar surface area (TPSA) is 37.3 Å².